The number of nitrogens with zero attached hydrogens (tertiary/aromatic N) is 3. The number of likely N-dealkylation sites (tertiary alicyclic amines) is 1. The van der Waals surface area contributed by atoms with Crippen molar-refractivity contribution in [2.45, 2.75) is 29.6 Å². The Balaban J connectivity index is 1.57. The summed E-state index contributed by atoms with van der Waals surface area (Å²) in [5.74, 6) is 0.373. The highest BCUT2D eigenvalue weighted by Gasteiger charge is 2.30. The quantitative estimate of drug-likeness (QED) is 0.677. The molecule has 0 saturated carbocycles. The Morgan fingerprint density at radius 3 is 2.96 bits per heavy atom. The second kappa shape index (κ2) is 9.05. The lowest BCUT2D eigenvalue weighted by Gasteiger charge is -2.33. The van der Waals surface area contributed by atoms with Crippen LogP contribution >= 0.6 is 23.1 Å². The zero-order valence-electron chi connectivity index (χ0n) is 14.9. The van der Waals surface area contributed by atoms with E-state index >= 15 is 0 Å². The third kappa shape index (κ3) is 4.89. The Hall–Kier alpha value is -2.33. The van der Waals surface area contributed by atoms with E-state index in [1.54, 1.807) is 12.0 Å². The van der Waals surface area contributed by atoms with Gasteiger partial charge in [0.15, 0.2) is 4.34 Å². The number of hydrogen-bond acceptors (Lipinski definition) is 8. The predicted octanol–water partition coefficient (Wildman–Crippen LogP) is 2.25. The number of thioether (sulfide) groups is 1. The molecule has 27 heavy (non-hydrogen) atoms. The van der Waals surface area contributed by atoms with Gasteiger partial charge in [-0.15, -0.1) is 10.2 Å². The summed E-state index contributed by atoms with van der Waals surface area (Å²) in [6.45, 7) is 0.573. The minimum atomic E-state index is -0.496. The van der Waals surface area contributed by atoms with Crippen LogP contribution in [0.5, 0.6) is 5.75 Å². The first kappa shape index (κ1) is 19.4. The van der Waals surface area contributed by atoms with Crippen molar-refractivity contribution >= 4 is 45.7 Å². The molecule has 0 spiro atoms. The summed E-state index contributed by atoms with van der Waals surface area (Å²) in [5, 5.41) is 12.0. The van der Waals surface area contributed by atoms with Crippen molar-refractivity contribution in [3.05, 3.63) is 24.3 Å². The van der Waals surface area contributed by atoms with Crippen LogP contribution in [0.3, 0.4) is 0 Å². The number of primary amides is 1. The normalized spacial score (nSPS) is 16.8. The van der Waals surface area contributed by atoms with Crippen molar-refractivity contribution in [2.75, 3.05) is 24.7 Å². The number of anilines is 2. The number of rotatable bonds is 7. The van der Waals surface area contributed by atoms with E-state index < -0.39 is 11.9 Å². The number of hydrogen-bond donors (Lipinski definition) is 2. The van der Waals surface area contributed by atoms with Crippen LogP contribution in [0.1, 0.15) is 19.3 Å². The lowest BCUT2D eigenvalue weighted by atomic mass is 10.0. The van der Waals surface area contributed by atoms with Gasteiger partial charge in [-0.05, 0) is 31.4 Å². The molecule has 2 aromatic rings. The van der Waals surface area contributed by atoms with Crippen LogP contribution in [0.2, 0.25) is 0 Å². The Labute approximate surface area is 165 Å². The second-order valence-corrected chi connectivity index (χ2v) is 8.19. The predicted molar refractivity (Wildman–Crippen MR) is 105 cm³/mol. The molecule has 2 amide bonds. The van der Waals surface area contributed by atoms with Gasteiger partial charge in [-0.3, -0.25) is 9.59 Å². The number of carbonyl (C=O) groups excluding carboxylic acids is 2. The smallest absolute Gasteiger partial charge is 0.240 e. The van der Waals surface area contributed by atoms with Gasteiger partial charge < -0.3 is 20.7 Å². The summed E-state index contributed by atoms with van der Waals surface area (Å²) in [6, 6.07) is 7.02. The third-order valence-corrected chi connectivity index (χ3v) is 6.18. The molecule has 0 bridgehead atoms. The fourth-order valence-electron chi connectivity index (χ4n) is 2.91. The molecule has 3 N–H and O–H groups in total. The highest BCUT2D eigenvalue weighted by molar-refractivity contribution is 8.01. The summed E-state index contributed by atoms with van der Waals surface area (Å²) in [5.41, 5.74) is 6.22. The fourth-order valence-corrected chi connectivity index (χ4v) is 4.56. The molecule has 1 atom stereocenters. The van der Waals surface area contributed by atoms with Crippen LogP contribution < -0.4 is 15.8 Å². The number of ether oxygens (including phenoxy) is 1. The number of methoxy groups -OCH3 is 1. The average Bonchev–Trinajstić information content (AvgIpc) is 3.14. The second-order valence-electron chi connectivity index (χ2n) is 5.99. The van der Waals surface area contributed by atoms with Gasteiger partial charge in [-0.1, -0.05) is 35.2 Å². The molecule has 1 aliphatic rings. The molecule has 10 heteroatoms. The highest BCUT2D eigenvalue weighted by Crippen LogP contribution is 2.31. The molecule has 2 heterocycles. The highest BCUT2D eigenvalue weighted by atomic mass is 32.2. The Kier molecular flexibility index (Phi) is 6.51. The molecule has 3 rings (SSSR count). The molecule has 1 aromatic carbocycles. The van der Waals surface area contributed by atoms with E-state index in [0.29, 0.717) is 28.2 Å². The Morgan fingerprint density at radius 1 is 1.37 bits per heavy atom. The van der Waals surface area contributed by atoms with Crippen molar-refractivity contribution in [3.8, 4) is 5.75 Å². The van der Waals surface area contributed by atoms with Crippen molar-refractivity contribution in [1.82, 2.24) is 15.1 Å². The first-order chi connectivity index (χ1) is 13.1. The van der Waals surface area contributed by atoms with Crippen LogP contribution in [0.15, 0.2) is 28.6 Å². The van der Waals surface area contributed by atoms with E-state index in [-0.39, 0.29) is 11.7 Å². The van der Waals surface area contributed by atoms with Crippen LogP contribution in [0, 0.1) is 0 Å². The number of amides is 2. The van der Waals surface area contributed by atoms with Crippen LogP contribution in [0.25, 0.3) is 0 Å². The number of benzene rings is 1. The first-order valence-electron chi connectivity index (χ1n) is 8.53. The van der Waals surface area contributed by atoms with Crippen LogP contribution in [-0.2, 0) is 9.59 Å². The van der Waals surface area contributed by atoms with E-state index in [2.05, 4.69) is 15.5 Å². The van der Waals surface area contributed by atoms with E-state index in [1.807, 2.05) is 24.3 Å². The van der Waals surface area contributed by atoms with Gasteiger partial charge in [-0.25, -0.2) is 0 Å². The molecule has 1 aliphatic heterocycles. The molecule has 8 nitrogen and oxygen atoms in total. The molecular weight excluding hydrogens is 386 g/mol. The summed E-state index contributed by atoms with van der Waals surface area (Å²) < 4.78 is 5.98. The van der Waals surface area contributed by atoms with Crippen molar-refractivity contribution in [2.24, 2.45) is 5.73 Å². The van der Waals surface area contributed by atoms with Gasteiger partial charge in [0, 0.05) is 6.54 Å². The number of aromatic nitrogens is 2. The van der Waals surface area contributed by atoms with Gasteiger partial charge in [0.2, 0.25) is 16.9 Å². The minimum Gasteiger partial charge on any atom is -0.495 e. The molecule has 0 aliphatic carbocycles. The SMILES string of the molecule is COc1ccccc1Nc1nnc(SCC(=O)N2CCCC[C@H]2C(N)=O)s1. The van der Waals surface area contributed by atoms with Crippen molar-refractivity contribution < 1.29 is 14.3 Å². The van der Waals surface area contributed by atoms with E-state index in [9.17, 15) is 9.59 Å². The minimum absolute atomic E-state index is 0.0991. The zero-order valence-corrected chi connectivity index (χ0v) is 16.5. The number of para-hydroxylation sites is 2. The maximum absolute atomic E-state index is 12.5. The number of nitrogens with one attached hydrogen (secondary N) is 1. The van der Waals surface area contributed by atoms with Gasteiger partial charge >= 0.3 is 0 Å². The Bertz CT molecular complexity index is 813. The number of piperidine rings is 1. The van der Waals surface area contributed by atoms with Crippen molar-refractivity contribution in [3.63, 3.8) is 0 Å². The first-order valence-corrected chi connectivity index (χ1v) is 10.3. The summed E-state index contributed by atoms with van der Waals surface area (Å²) in [7, 11) is 1.60. The summed E-state index contributed by atoms with van der Waals surface area (Å²) in [4.78, 5) is 25.6. The molecule has 1 aromatic heterocycles. The van der Waals surface area contributed by atoms with Gasteiger partial charge in [0.1, 0.15) is 11.8 Å². The lowest BCUT2D eigenvalue weighted by molar-refractivity contribution is -0.138. The van der Waals surface area contributed by atoms with Crippen LogP contribution in [0.4, 0.5) is 10.8 Å². The van der Waals surface area contributed by atoms with E-state index in [4.69, 9.17) is 10.5 Å². The van der Waals surface area contributed by atoms with Crippen LogP contribution in [-0.4, -0.2) is 52.4 Å². The van der Waals surface area contributed by atoms with Crippen molar-refractivity contribution in [1.29, 1.82) is 0 Å². The Morgan fingerprint density at radius 2 is 2.19 bits per heavy atom. The van der Waals surface area contributed by atoms with E-state index in [1.165, 1.54) is 23.1 Å². The third-order valence-electron chi connectivity index (χ3n) is 4.23. The standard InChI is InChI=1S/C17H21N5O3S2/c1-25-13-8-3-2-6-11(13)19-16-20-21-17(27-16)26-10-14(23)22-9-5-4-7-12(22)15(18)24/h2-3,6,8,12H,4-5,7,9-10H2,1H3,(H2,18,24)(H,19,20)/t12-/m0/s1. The van der Waals surface area contributed by atoms with Gasteiger partial charge in [0.05, 0.1) is 18.6 Å². The molecular formula is C17H21N5O3S2. The topological polar surface area (TPSA) is 110 Å². The molecule has 0 unspecified atom stereocenters. The number of nitrogens with two attached hydrogens (primary N) is 1. The molecule has 1 saturated heterocycles. The van der Waals surface area contributed by atoms with E-state index in [0.717, 1.165) is 18.5 Å². The van der Waals surface area contributed by atoms with Gasteiger partial charge in [-0.2, -0.15) is 0 Å². The zero-order chi connectivity index (χ0) is 19.2. The lowest BCUT2D eigenvalue weighted by Crippen LogP contribution is -2.51. The average molecular weight is 408 g/mol. The maximum atomic E-state index is 12.5. The molecule has 144 valence electrons. The van der Waals surface area contributed by atoms with Gasteiger partial charge in [0.25, 0.3) is 0 Å². The fraction of sp³-hybridized carbons (Fsp3) is 0.412. The maximum Gasteiger partial charge on any atom is 0.240 e. The largest absolute Gasteiger partial charge is 0.495 e. The monoisotopic (exact) mass is 407 g/mol. The molecule has 0 radical (unpaired) electrons. The summed E-state index contributed by atoms with van der Waals surface area (Å²) in [6.07, 6.45) is 2.45. The molecule has 1 fully saturated rings. The number of carbonyl (C=O) groups is 2. The summed E-state index contributed by atoms with van der Waals surface area (Å²) >= 11 is 2.66.